The summed E-state index contributed by atoms with van der Waals surface area (Å²) in [5.74, 6) is 0. The first kappa shape index (κ1) is 14.6. The first-order valence-corrected chi connectivity index (χ1v) is 9.62. The van der Waals surface area contributed by atoms with Gasteiger partial charge in [-0.05, 0) is 15.6 Å². The summed E-state index contributed by atoms with van der Waals surface area (Å²) < 4.78 is 0.368. The summed E-state index contributed by atoms with van der Waals surface area (Å²) in [6.45, 7) is 21.7. The SMILES string of the molecule is CC(C)(C)C(P)(C(C)(C)C)[Si](C)(C)C. The van der Waals surface area contributed by atoms with Crippen molar-refractivity contribution >= 4 is 17.3 Å². The second kappa shape index (κ2) is 3.59. The van der Waals surface area contributed by atoms with Crippen LogP contribution in [0.5, 0.6) is 0 Å². The molecule has 0 aromatic heterocycles. The summed E-state index contributed by atoms with van der Waals surface area (Å²) >= 11 is 0. The van der Waals surface area contributed by atoms with E-state index in [2.05, 4.69) is 70.4 Å². The number of rotatable bonds is 1. The minimum atomic E-state index is -1.22. The molecule has 86 valence electrons. The van der Waals surface area contributed by atoms with Gasteiger partial charge in [0, 0.05) is 0 Å². The van der Waals surface area contributed by atoms with Crippen LogP contribution in [0, 0.1) is 10.8 Å². The smallest absolute Gasteiger partial charge is 0.0562 e. The zero-order valence-electron chi connectivity index (χ0n) is 11.6. The molecule has 0 spiro atoms. The summed E-state index contributed by atoms with van der Waals surface area (Å²) in [7, 11) is 2.00. The van der Waals surface area contributed by atoms with Gasteiger partial charge in [-0.2, -0.15) is 0 Å². The van der Waals surface area contributed by atoms with Gasteiger partial charge in [0.25, 0.3) is 0 Å². The highest BCUT2D eigenvalue weighted by Gasteiger charge is 2.54. The first-order valence-electron chi connectivity index (χ1n) is 5.54. The quantitative estimate of drug-likeness (QED) is 0.459. The first-order chi connectivity index (χ1) is 5.75. The van der Waals surface area contributed by atoms with Gasteiger partial charge in [-0.25, -0.2) is 0 Å². The van der Waals surface area contributed by atoms with Crippen LogP contribution in [0.3, 0.4) is 0 Å². The van der Waals surface area contributed by atoms with Crippen LogP contribution in [0.25, 0.3) is 0 Å². The molecule has 0 aromatic carbocycles. The van der Waals surface area contributed by atoms with Crippen LogP contribution in [-0.2, 0) is 0 Å². The van der Waals surface area contributed by atoms with Crippen molar-refractivity contribution in [2.45, 2.75) is 66.0 Å². The zero-order valence-corrected chi connectivity index (χ0v) is 13.7. The van der Waals surface area contributed by atoms with E-state index in [1.165, 1.54) is 0 Å². The lowest BCUT2D eigenvalue weighted by Crippen LogP contribution is -2.63. The Hall–Kier alpha value is 0.647. The molecule has 1 atom stereocenters. The molecule has 0 saturated carbocycles. The fourth-order valence-corrected chi connectivity index (χ4v) is 7.88. The van der Waals surface area contributed by atoms with E-state index in [0.717, 1.165) is 0 Å². The summed E-state index contributed by atoms with van der Waals surface area (Å²) in [6.07, 6.45) is 0. The molecule has 2 heteroatoms. The van der Waals surface area contributed by atoms with Crippen molar-refractivity contribution < 1.29 is 0 Å². The molecule has 0 N–H and O–H groups in total. The van der Waals surface area contributed by atoms with Crippen molar-refractivity contribution in [3.05, 3.63) is 0 Å². The van der Waals surface area contributed by atoms with Gasteiger partial charge in [0.05, 0.1) is 8.07 Å². The predicted molar refractivity (Wildman–Crippen MR) is 74.7 cm³/mol. The largest absolute Gasteiger partial charge is 0.133 e. The average molecular weight is 232 g/mol. The van der Waals surface area contributed by atoms with E-state index < -0.39 is 8.07 Å². The van der Waals surface area contributed by atoms with Crippen molar-refractivity contribution in [2.75, 3.05) is 0 Å². The lowest BCUT2D eigenvalue weighted by molar-refractivity contribution is 0.202. The van der Waals surface area contributed by atoms with E-state index in [-0.39, 0.29) is 0 Å². The Balaban J connectivity index is 5.54. The molecule has 0 radical (unpaired) electrons. The van der Waals surface area contributed by atoms with Crippen molar-refractivity contribution in [2.24, 2.45) is 10.8 Å². The Morgan fingerprint density at radius 1 is 0.714 bits per heavy atom. The monoisotopic (exact) mass is 232 g/mol. The van der Waals surface area contributed by atoms with Crippen molar-refractivity contribution in [1.29, 1.82) is 0 Å². The van der Waals surface area contributed by atoms with Crippen LogP contribution in [0.1, 0.15) is 41.5 Å². The highest BCUT2D eigenvalue weighted by Crippen LogP contribution is 2.55. The maximum Gasteiger partial charge on any atom is 0.0562 e. The molecule has 0 aromatic rings. The second-order valence-corrected chi connectivity index (χ2v) is 14.3. The summed E-state index contributed by atoms with van der Waals surface area (Å²) in [5.41, 5.74) is 0.695. The maximum atomic E-state index is 3.21. The second-order valence-electron chi connectivity index (χ2n) is 7.56. The van der Waals surface area contributed by atoms with Gasteiger partial charge in [-0.15, -0.1) is 9.24 Å². The molecule has 0 aliphatic heterocycles. The Labute approximate surface area is 94.5 Å². The van der Waals surface area contributed by atoms with Gasteiger partial charge >= 0.3 is 0 Å². The van der Waals surface area contributed by atoms with E-state index in [4.69, 9.17) is 0 Å². The summed E-state index contributed by atoms with van der Waals surface area (Å²) in [5, 5.41) is 0. The van der Waals surface area contributed by atoms with Crippen LogP contribution in [0.2, 0.25) is 19.6 Å². The molecule has 0 nitrogen and oxygen atoms in total. The predicted octanol–water partition coefficient (Wildman–Crippen LogP) is 4.57. The van der Waals surface area contributed by atoms with Gasteiger partial charge in [-0.1, -0.05) is 61.2 Å². The van der Waals surface area contributed by atoms with Crippen LogP contribution < -0.4 is 0 Å². The standard InChI is InChI=1S/C12H29PSi/c1-10(2,3)12(13,11(4,5)6)14(7,8)9/h13H2,1-9H3. The van der Waals surface area contributed by atoms with Crippen LogP contribution >= 0.6 is 9.24 Å². The molecule has 1 unspecified atom stereocenters. The van der Waals surface area contributed by atoms with E-state index in [0.29, 0.717) is 15.6 Å². The number of hydrogen-bond donors (Lipinski definition) is 0. The van der Waals surface area contributed by atoms with E-state index >= 15 is 0 Å². The van der Waals surface area contributed by atoms with Gasteiger partial charge in [0.2, 0.25) is 0 Å². The van der Waals surface area contributed by atoms with Crippen LogP contribution in [0.4, 0.5) is 0 Å². The molecule has 0 heterocycles. The van der Waals surface area contributed by atoms with E-state index in [1.807, 2.05) is 0 Å². The highest BCUT2D eigenvalue weighted by molar-refractivity contribution is 7.27. The van der Waals surface area contributed by atoms with Gasteiger partial charge in [-0.3, -0.25) is 0 Å². The minimum Gasteiger partial charge on any atom is -0.133 e. The third-order valence-electron chi connectivity index (χ3n) is 3.55. The van der Waals surface area contributed by atoms with E-state index in [1.54, 1.807) is 0 Å². The third-order valence-corrected chi connectivity index (χ3v) is 11.7. The molecular formula is C12H29PSi. The van der Waals surface area contributed by atoms with E-state index in [9.17, 15) is 0 Å². The van der Waals surface area contributed by atoms with Crippen molar-refractivity contribution in [3.63, 3.8) is 0 Å². The molecule has 0 amide bonds. The van der Waals surface area contributed by atoms with Crippen LogP contribution in [0.15, 0.2) is 0 Å². The highest BCUT2D eigenvalue weighted by atomic mass is 31.0. The van der Waals surface area contributed by atoms with Crippen LogP contribution in [-0.4, -0.2) is 12.9 Å². The van der Waals surface area contributed by atoms with Crippen molar-refractivity contribution in [1.82, 2.24) is 0 Å². The van der Waals surface area contributed by atoms with Gasteiger partial charge in [0.15, 0.2) is 0 Å². The Bertz CT molecular complexity index is 164. The fourth-order valence-electron chi connectivity index (χ4n) is 3.38. The Morgan fingerprint density at radius 2 is 0.929 bits per heavy atom. The molecule has 0 saturated heterocycles. The normalized spacial score (nSPS) is 15.9. The lowest BCUT2D eigenvalue weighted by Gasteiger charge is -2.58. The Kier molecular flexibility index (Phi) is 3.76. The summed E-state index contributed by atoms with van der Waals surface area (Å²) in [4.78, 5) is 0. The third kappa shape index (κ3) is 2.24. The summed E-state index contributed by atoms with van der Waals surface area (Å²) in [6, 6.07) is 0. The molecule has 0 rings (SSSR count). The zero-order chi connectivity index (χ0) is 12.0. The topological polar surface area (TPSA) is 0 Å². The number of hydrogen-bond acceptors (Lipinski definition) is 0. The average Bonchev–Trinajstić information content (AvgIpc) is 1.77. The molecular weight excluding hydrogens is 203 g/mol. The minimum absolute atomic E-state index is 0.348. The molecule has 0 fully saturated rings. The van der Waals surface area contributed by atoms with Crippen molar-refractivity contribution in [3.8, 4) is 0 Å². The lowest BCUT2D eigenvalue weighted by atomic mass is 9.75. The molecule has 14 heavy (non-hydrogen) atoms. The van der Waals surface area contributed by atoms with Gasteiger partial charge < -0.3 is 0 Å². The molecule has 0 bridgehead atoms. The molecule has 0 aliphatic rings. The Morgan fingerprint density at radius 3 is 0.929 bits per heavy atom. The maximum absolute atomic E-state index is 3.21. The fraction of sp³-hybridized carbons (Fsp3) is 1.00. The van der Waals surface area contributed by atoms with Gasteiger partial charge in [0.1, 0.15) is 0 Å². The molecule has 0 aliphatic carbocycles.